The molecule has 0 bridgehead atoms. The molecular formula is C19H20IN3O2. The Labute approximate surface area is 161 Å². The number of piperazine rings is 1. The van der Waals surface area contributed by atoms with Crippen LogP contribution in [0.15, 0.2) is 54.6 Å². The van der Waals surface area contributed by atoms with E-state index in [-0.39, 0.29) is 11.8 Å². The molecule has 1 aliphatic heterocycles. The number of amides is 2. The van der Waals surface area contributed by atoms with Gasteiger partial charge in [0.2, 0.25) is 5.91 Å². The van der Waals surface area contributed by atoms with Crippen molar-refractivity contribution in [2.24, 2.45) is 0 Å². The quantitative estimate of drug-likeness (QED) is 0.731. The van der Waals surface area contributed by atoms with Crippen LogP contribution in [0.5, 0.6) is 0 Å². The summed E-state index contributed by atoms with van der Waals surface area (Å²) in [5.41, 5.74) is 1.55. The van der Waals surface area contributed by atoms with Gasteiger partial charge in [0, 0.05) is 35.4 Å². The molecule has 0 unspecified atom stereocenters. The number of nitrogens with one attached hydrogen (secondary N) is 1. The maximum Gasteiger partial charge on any atom is 0.255 e. The third kappa shape index (κ3) is 4.79. The number of para-hydroxylation sites is 1. The molecular weight excluding hydrogens is 429 g/mol. The zero-order valence-corrected chi connectivity index (χ0v) is 16.0. The first-order chi connectivity index (χ1) is 12.1. The Morgan fingerprint density at radius 2 is 1.56 bits per heavy atom. The zero-order valence-electron chi connectivity index (χ0n) is 13.8. The molecule has 0 aromatic heterocycles. The molecule has 0 saturated carbocycles. The van der Waals surface area contributed by atoms with Gasteiger partial charge in [-0.25, -0.2) is 0 Å². The molecule has 5 nitrogen and oxygen atoms in total. The standard InChI is InChI=1S/C19H20IN3O2/c20-17-9-5-4-8-16(17)19(25)23-12-10-22(11-13-23)14-18(24)21-15-6-2-1-3-7-15/h1-9H,10-14H2,(H,21,24). The first kappa shape index (κ1) is 17.9. The summed E-state index contributed by atoms with van der Waals surface area (Å²) in [6.07, 6.45) is 0. The molecule has 130 valence electrons. The number of benzene rings is 2. The maximum absolute atomic E-state index is 12.6. The maximum atomic E-state index is 12.6. The molecule has 0 radical (unpaired) electrons. The predicted octanol–water partition coefficient (Wildman–Crippen LogP) is 2.69. The SMILES string of the molecule is O=C(CN1CCN(C(=O)c2ccccc2I)CC1)Nc1ccccc1. The van der Waals surface area contributed by atoms with Crippen molar-refractivity contribution < 1.29 is 9.59 Å². The van der Waals surface area contributed by atoms with Crippen LogP contribution in [0.3, 0.4) is 0 Å². The molecule has 1 saturated heterocycles. The van der Waals surface area contributed by atoms with Gasteiger partial charge in [-0.3, -0.25) is 14.5 Å². The molecule has 0 spiro atoms. The lowest BCUT2D eigenvalue weighted by Crippen LogP contribution is -2.50. The van der Waals surface area contributed by atoms with Crippen LogP contribution >= 0.6 is 22.6 Å². The lowest BCUT2D eigenvalue weighted by atomic mass is 10.2. The minimum Gasteiger partial charge on any atom is -0.336 e. The van der Waals surface area contributed by atoms with E-state index in [0.717, 1.165) is 14.8 Å². The van der Waals surface area contributed by atoms with Crippen LogP contribution < -0.4 is 5.32 Å². The Balaban J connectivity index is 1.49. The number of carbonyl (C=O) groups excluding carboxylic acids is 2. The largest absolute Gasteiger partial charge is 0.336 e. The predicted molar refractivity (Wildman–Crippen MR) is 107 cm³/mol. The summed E-state index contributed by atoms with van der Waals surface area (Å²) in [4.78, 5) is 28.7. The normalized spacial score (nSPS) is 15.0. The Bertz CT molecular complexity index is 743. The number of anilines is 1. The Kier molecular flexibility index (Phi) is 6.04. The third-order valence-electron chi connectivity index (χ3n) is 4.19. The summed E-state index contributed by atoms with van der Waals surface area (Å²) in [5, 5.41) is 2.89. The van der Waals surface area contributed by atoms with Gasteiger partial charge in [-0.15, -0.1) is 0 Å². The molecule has 2 amide bonds. The first-order valence-electron chi connectivity index (χ1n) is 8.24. The van der Waals surface area contributed by atoms with Crippen LogP contribution in [0.2, 0.25) is 0 Å². The average molecular weight is 449 g/mol. The second-order valence-corrected chi connectivity index (χ2v) is 7.12. The van der Waals surface area contributed by atoms with Gasteiger partial charge in [-0.05, 0) is 46.9 Å². The topological polar surface area (TPSA) is 52.7 Å². The second-order valence-electron chi connectivity index (χ2n) is 5.96. The molecule has 1 fully saturated rings. The Morgan fingerprint density at radius 1 is 0.920 bits per heavy atom. The van der Waals surface area contributed by atoms with Gasteiger partial charge in [0.15, 0.2) is 0 Å². The number of halogens is 1. The van der Waals surface area contributed by atoms with Crippen LogP contribution in [0.1, 0.15) is 10.4 Å². The van der Waals surface area contributed by atoms with Crippen molar-refractivity contribution in [2.45, 2.75) is 0 Å². The second kappa shape index (κ2) is 8.44. The number of nitrogens with zero attached hydrogens (tertiary/aromatic N) is 2. The van der Waals surface area contributed by atoms with Gasteiger partial charge < -0.3 is 10.2 Å². The fourth-order valence-corrected chi connectivity index (χ4v) is 3.46. The fourth-order valence-electron chi connectivity index (χ4n) is 2.84. The monoisotopic (exact) mass is 449 g/mol. The highest BCUT2D eigenvalue weighted by Gasteiger charge is 2.24. The van der Waals surface area contributed by atoms with Gasteiger partial charge >= 0.3 is 0 Å². The van der Waals surface area contributed by atoms with E-state index >= 15 is 0 Å². The van der Waals surface area contributed by atoms with Gasteiger partial charge in [0.05, 0.1) is 12.1 Å². The van der Waals surface area contributed by atoms with Gasteiger partial charge in [0.25, 0.3) is 5.91 Å². The van der Waals surface area contributed by atoms with Gasteiger partial charge in [-0.2, -0.15) is 0 Å². The summed E-state index contributed by atoms with van der Waals surface area (Å²) in [7, 11) is 0. The van der Waals surface area contributed by atoms with E-state index in [9.17, 15) is 9.59 Å². The van der Waals surface area contributed by atoms with Crippen LogP contribution in [0, 0.1) is 3.57 Å². The molecule has 25 heavy (non-hydrogen) atoms. The van der Waals surface area contributed by atoms with Crippen LogP contribution in [-0.2, 0) is 4.79 Å². The van der Waals surface area contributed by atoms with E-state index < -0.39 is 0 Å². The lowest BCUT2D eigenvalue weighted by Gasteiger charge is -2.34. The van der Waals surface area contributed by atoms with Crippen molar-refractivity contribution in [2.75, 3.05) is 38.0 Å². The van der Waals surface area contributed by atoms with Crippen LogP contribution in [-0.4, -0.2) is 54.3 Å². The number of carbonyl (C=O) groups is 2. The average Bonchev–Trinajstić information content (AvgIpc) is 2.63. The highest BCUT2D eigenvalue weighted by atomic mass is 127. The molecule has 0 atom stereocenters. The molecule has 6 heteroatoms. The van der Waals surface area contributed by atoms with E-state index in [2.05, 4.69) is 32.8 Å². The molecule has 1 heterocycles. The molecule has 2 aromatic rings. The Hall–Kier alpha value is -1.93. The van der Waals surface area contributed by atoms with Crippen molar-refractivity contribution >= 4 is 40.1 Å². The van der Waals surface area contributed by atoms with Crippen molar-refractivity contribution in [1.29, 1.82) is 0 Å². The van der Waals surface area contributed by atoms with E-state index in [1.54, 1.807) is 0 Å². The van der Waals surface area contributed by atoms with E-state index in [0.29, 0.717) is 32.7 Å². The van der Waals surface area contributed by atoms with Gasteiger partial charge in [0.1, 0.15) is 0 Å². The lowest BCUT2D eigenvalue weighted by molar-refractivity contribution is -0.117. The zero-order chi connectivity index (χ0) is 17.6. The smallest absolute Gasteiger partial charge is 0.255 e. The summed E-state index contributed by atoms with van der Waals surface area (Å²) in [6.45, 7) is 3.04. The first-order valence-corrected chi connectivity index (χ1v) is 9.32. The number of rotatable bonds is 4. The highest BCUT2D eigenvalue weighted by Crippen LogP contribution is 2.15. The van der Waals surface area contributed by atoms with E-state index in [1.807, 2.05) is 59.5 Å². The van der Waals surface area contributed by atoms with Crippen LogP contribution in [0.25, 0.3) is 0 Å². The fraction of sp³-hybridized carbons (Fsp3) is 0.263. The van der Waals surface area contributed by atoms with Crippen molar-refractivity contribution in [3.63, 3.8) is 0 Å². The summed E-state index contributed by atoms with van der Waals surface area (Å²) in [6, 6.07) is 17.1. The Morgan fingerprint density at radius 3 is 2.24 bits per heavy atom. The summed E-state index contributed by atoms with van der Waals surface area (Å²) < 4.78 is 0.967. The molecule has 3 rings (SSSR count). The highest BCUT2D eigenvalue weighted by molar-refractivity contribution is 14.1. The summed E-state index contributed by atoms with van der Waals surface area (Å²) >= 11 is 2.19. The van der Waals surface area contributed by atoms with Gasteiger partial charge in [-0.1, -0.05) is 30.3 Å². The van der Waals surface area contributed by atoms with Crippen molar-refractivity contribution in [3.8, 4) is 0 Å². The minimum atomic E-state index is -0.0245. The van der Waals surface area contributed by atoms with E-state index in [1.165, 1.54) is 0 Å². The van der Waals surface area contributed by atoms with Crippen LogP contribution in [0.4, 0.5) is 5.69 Å². The van der Waals surface area contributed by atoms with Crippen molar-refractivity contribution in [1.82, 2.24) is 9.80 Å². The van der Waals surface area contributed by atoms with E-state index in [4.69, 9.17) is 0 Å². The minimum absolute atomic E-state index is 0.0245. The molecule has 1 aliphatic rings. The third-order valence-corrected chi connectivity index (χ3v) is 5.13. The summed E-state index contributed by atoms with van der Waals surface area (Å²) in [5.74, 6) is 0.0435. The molecule has 1 N–H and O–H groups in total. The molecule has 0 aliphatic carbocycles. The number of hydrogen-bond acceptors (Lipinski definition) is 3. The van der Waals surface area contributed by atoms with Crippen molar-refractivity contribution in [3.05, 3.63) is 63.7 Å². The molecule has 2 aromatic carbocycles. The number of hydrogen-bond donors (Lipinski definition) is 1.